The highest BCUT2D eigenvalue weighted by molar-refractivity contribution is 7.99. The molecule has 3 N–H and O–H groups in total. The topological polar surface area (TPSA) is 50.9 Å². The quantitative estimate of drug-likeness (QED) is 0.801. The van der Waals surface area contributed by atoms with E-state index in [1.54, 1.807) is 30.1 Å². The molecule has 1 aromatic carbocycles. The summed E-state index contributed by atoms with van der Waals surface area (Å²) in [7, 11) is 0. The number of hydrogen-bond acceptors (Lipinski definition) is 4. The highest BCUT2D eigenvalue weighted by Crippen LogP contribution is 2.27. The van der Waals surface area contributed by atoms with Gasteiger partial charge >= 0.3 is 0 Å². The van der Waals surface area contributed by atoms with Crippen molar-refractivity contribution in [3.05, 3.63) is 53.5 Å². The molecule has 2 rings (SSSR count). The first kappa shape index (κ1) is 15.8. The molecule has 0 aliphatic rings. The van der Waals surface area contributed by atoms with Gasteiger partial charge < -0.3 is 11.1 Å². The number of aromatic nitrogens is 1. The summed E-state index contributed by atoms with van der Waals surface area (Å²) in [4.78, 5) is 5.27. The standard InChI is InChI=1S/C16H20FN3S/c1-3-19-15(14-8-11(2)9-20-16(14)18)10-21-13-6-4-12(17)5-7-13/h4-9,15,19H,3,10H2,1-2H3,(H2,18,20). The van der Waals surface area contributed by atoms with Crippen molar-refractivity contribution >= 4 is 17.6 Å². The van der Waals surface area contributed by atoms with Crippen LogP contribution in [0.1, 0.15) is 24.1 Å². The lowest BCUT2D eigenvalue weighted by Crippen LogP contribution is -2.24. The minimum atomic E-state index is -0.213. The molecular weight excluding hydrogens is 285 g/mol. The largest absolute Gasteiger partial charge is 0.383 e. The summed E-state index contributed by atoms with van der Waals surface area (Å²) in [6, 6.07) is 8.74. The summed E-state index contributed by atoms with van der Waals surface area (Å²) >= 11 is 1.67. The normalized spacial score (nSPS) is 12.3. The SMILES string of the molecule is CCNC(CSc1ccc(F)cc1)c1cc(C)cnc1N. The van der Waals surface area contributed by atoms with E-state index < -0.39 is 0 Å². The third-order valence-corrected chi connectivity index (χ3v) is 4.25. The molecule has 0 saturated heterocycles. The van der Waals surface area contributed by atoms with Crippen LogP contribution in [-0.4, -0.2) is 17.3 Å². The second-order valence-corrected chi connectivity index (χ2v) is 5.96. The molecule has 0 amide bonds. The number of hydrogen-bond donors (Lipinski definition) is 2. The molecular formula is C16H20FN3S. The van der Waals surface area contributed by atoms with Crippen molar-refractivity contribution in [1.82, 2.24) is 10.3 Å². The number of pyridine rings is 1. The average molecular weight is 305 g/mol. The van der Waals surface area contributed by atoms with E-state index in [0.29, 0.717) is 5.82 Å². The number of thioether (sulfide) groups is 1. The number of aryl methyl sites for hydroxylation is 1. The van der Waals surface area contributed by atoms with E-state index in [9.17, 15) is 4.39 Å². The van der Waals surface area contributed by atoms with E-state index in [4.69, 9.17) is 5.73 Å². The summed E-state index contributed by atoms with van der Waals surface area (Å²) in [6.07, 6.45) is 1.77. The minimum absolute atomic E-state index is 0.123. The van der Waals surface area contributed by atoms with Gasteiger partial charge in [-0.25, -0.2) is 9.37 Å². The molecule has 1 unspecified atom stereocenters. The zero-order valence-corrected chi connectivity index (χ0v) is 13.1. The van der Waals surface area contributed by atoms with Gasteiger partial charge in [0.25, 0.3) is 0 Å². The predicted octanol–water partition coefficient (Wildman–Crippen LogP) is 3.55. The van der Waals surface area contributed by atoms with Gasteiger partial charge in [-0.1, -0.05) is 6.92 Å². The molecule has 1 aromatic heterocycles. The molecule has 2 aromatic rings. The molecule has 5 heteroatoms. The lowest BCUT2D eigenvalue weighted by Gasteiger charge is -2.19. The van der Waals surface area contributed by atoms with Crippen molar-refractivity contribution in [2.24, 2.45) is 0 Å². The third-order valence-electron chi connectivity index (χ3n) is 3.14. The maximum Gasteiger partial charge on any atom is 0.128 e. The number of nitrogen functional groups attached to an aromatic ring is 1. The van der Waals surface area contributed by atoms with Crippen molar-refractivity contribution < 1.29 is 4.39 Å². The first-order valence-electron chi connectivity index (χ1n) is 6.94. The second-order valence-electron chi connectivity index (χ2n) is 4.86. The Balaban J connectivity index is 2.11. The smallest absolute Gasteiger partial charge is 0.128 e. The molecule has 1 heterocycles. The number of nitrogens with one attached hydrogen (secondary N) is 1. The lowest BCUT2D eigenvalue weighted by molar-refractivity contribution is 0.605. The maximum absolute atomic E-state index is 12.9. The van der Waals surface area contributed by atoms with Gasteiger partial charge in [0.05, 0.1) is 0 Å². The van der Waals surface area contributed by atoms with Crippen molar-refractivity contribution in [2.75, 3.05) is 18.0 Å². The number of rotatable bonds is 6. The molecule has 112 valence electrons. The summed E-state index contributed by atoms with van der Waals surface area (Å²) in [5.74, 6) is 1.16. The van der Waals surface area contributed by atoms with Crippen LogP contribution in [0.25, 0.3) is 0 Å². The molecule has 0 saturated carbocycles. The van der Waals surface area contributed by atoms with Gasteiger partial charge in [0, 0.05) is 28.5 Å². The average Bonchev–Trinajstić information content (AvgIpc) is 2.48. The van der Waals surface area contributed by atoms with Crippen molar-refractivity contribution in [2.45, 2.75) is 24.8 Å². The number of nitrogens with two attached hydrogens (primary N) is 1. The van der Waals surface area contributed by atoms with E-state index in [-0.39, 0.29) is 11.9 Å². The van der Waals surface area contributed by atoms with Crippen molar-refractivity contribution in [1.29, 1.82) is 0 Å². The molecule has 3 nitrogen and oxygen atoms in total. The highest BCUT2D eigenvalue weighted by Gasteiger charge is 2.15. The van der Waals surface area contributed by atoms with Gasteiger partial charge in [0.1, 0.15) is 11.6 Å². The van der Waals surface area contributed by atoms with Crippen LogP contribution in [0.3, 0.4) is 0 Å². The molecule has 0 bridgehead atoms. The molecule has 21 heavy (non-hydrogen) atoms. The van der Waals surface area contributed by atoms with Crippen LogP contribution in [0.4, 0.5) is 10.2 Å². The van der Waals surface area contributed by atoms with Crippen LogP contribution in [0.2, 0.25) is 0 Å². The molecule has 0 radical (unpaired) electrons. The van der Waals surface area contributed by atoms with Gasteiger partial charge in [-0.2, -0.15) is 0 Å². The zero-order valence-electron chi connectivity index (χ0n) is 12.3. The Morgan fingerprint density at radius 3 is 2.71 bits per heavy atom. The minimum Gasteiger partial charge on any atom is -0.383 e. The van der Waals surface area contributed by atoms with E-state index in [1.807, 2.05) is 6.92 Å². The Morgan fingerprint density at radius 2 is 2.05 bits per heavy atom. The van der Waals surface area contributed by atoms with Crippen molar-refractivity contribution in [3.8, 4) is 0 Å². The van der Waals surface area contributed by atoms with Gasteiger partial charge in [-0.05, 0) is 49.4 Å². The first-order valence-corrected chi connectivity index (χ1v) is 7.92. The Hall–Kier alpha value is -1.59. The van der Waals surface area contributed by atoms with Gasteiger partial charge in [-0.15, -0.1) is 11.8 Å². The van der Waals surface area contributed by atoms with Gasteiger partial charge in [0.15, 0.2) is 0 Å². The number of nitrogens with zero attached hydrogens (tertiary/aromatic N) is 1. The van der Waals surface area contributed by atoms with Crippen LogP contribution >= 0.6 is 11.8 Å². The third kappa shape index (κ3) is 4.44. The Kier molecular flexibility index (Phi) is 5.59. The molecule has 0 fully saturated rings. The number of benzene rings is 1. The molecule has 1 atom stereocenters. The Morgan fingerprint density at radius 1 is 1.33 bits per heavy atom. The fraction of sp³-hybridized carbons (Fsp3) is 0.312. The van der Waals surface area contributed by atoms with E-state index in [0.717, 1.165) is 28.3 Å². The summed E-state index contributed by atoms with van der Waals surface area (Å²) < 4.78 is 12.9. The lowest BCUT2D eigenvalue weighted by atomic mass is 10.1. The molecule has 0 aliphatic carbocycles. The molecule has 0 spiro atoms. The Labute approximate surface area is 129 Å². The fourth-order valence-corrected chi connectivity index (χ4v) is 3.08. The van der Waals surface area contributed by atoms with Crippen LogP contribution in [0, 0.1) is 12.7 Å². The Bertz CT molecular complexity index is 587. The van der Waals surface area contributed by atoms with Crippen LogP contribution < -0.4 is 11.1 Å². The first-order chi connectivity index (χ1) is 10.1. The number of anilines is 1. The molecule has 0 aliphatic heterocycles. The number of halogens is 1. The monoisotopic (exact) mass is 305 g/mol. The van der Waals surface area contributed by atoms with Crippen LogP contribution in [0.15, 0.2) is 41.4 Å². The summed E-state index contributed by atoms with van der Waals surface area (Å²) in [5, 5.41) is 3.43. The highest BCUT2D eigenvalue weighted by atomic mass is 32.2. The van der Waals surface area contributed by atoms with E-state index >= 15 is 0 Å². The van der Waals surface area contributed by atoms with Crippen LogP contribution in [0.5, 0.6) is 0 Å². The van der Waals surface area contributed by atoms with Crippen LogP contribution in [-0.2, 0) is 0 Å². The zero-order chi connectivity index (χ0) is 15.2. The van der Waals surface area contributed by atoms with E-state index in [2.05, 4.69) is 23.3 Å². The second kappa shape index (κ2) is 7.43. The maximum atomic E-state index is 12.9. The predicted molar refractivity (Wildman–Crippen MR) is 86.9 cm³/mol. The van der Waals surface area contributed by atoms with Gasteiger partial charge in [0.2, 0.25) is 0 Å². The summed E-state index contributed by atoms with van der Waals surface area (Å²) in [5.41, 5.74) is 8.11. The fourth-order valence-electron chi connectivity index (χ4n) is 2.10. The van der Waals surface area contributed by atoms with E-state index in [1.165, 1.54) is 12.1 Å². The summed E-state index contributed by atoms with van der Waals surface area (Å²) in [6.45, 7) is 4.92. The van der Waals surface area contributed by atoms with Crippen molar-refractivity contribution in [3.63, 3.8) is 0 Å². The van der Waals surface area contributed by atoms with Gasteiger partial charge in [-0.3, -0.25) is 0 Å².